The number of rotatable bonds is 32. The van der Waals surface area contributed by atoms with Crippen molar-refractivity contribution in [2.45, 2.75) is 182 Å². The summed E-state index contributed by atoms with van der Waals surface area (Å²) >= 11 is 0. The fraction of sp³-hybridized carbons (Fsp3) is 0.631. The monoisotopic (exact) mass is 1880 g/mol. The van der Waals surface area contributed by atoms with Gasteiger partial charge in [0.05, 0.1) is 58.6 Å². The van der Waals surface area contributed by atoms with Gasteiger partial charge in [0.15, 0.2) is 70.9 Å². The summed E-state index contributed by atoms with van der Waals surface area (Å²) in [5, 5.41) is 62.3. The minimum atomic E-state index is -4.95. The molecule has 6 aliphatic heterocycles. The van der Waals surface area contributed by atoms with Crippen molar-refractivity contribution in [2.75, 3.05) is 98.5 Å². The number of nitrogens with zero attached hydrogens (tertiary/aromatic N) is 18. The van der Waals surface area contributed by atoms with E-state index in [9.17, 15) is 87.8 Å². The lowest BCUT2D eigenvalue weighted by Crippen LogP contribution is -2.39. The van der Waals surface area contributed by atoms with Crippen LogP contribution in [0.2, 0.25) is 0 Å². The summed E-state index contributed by atoms with van der Waals surface area (Å²) in [5.41, 5.74) is 13.0. The SMILES string of the molecule is CCO[C@H]1C(O)[C@@H](COP(=O)(O)OC2[C@@H](CO)O[C@@H](n3cnc4c(=O)[nH]c(C)nc43)[C@H]2OCC)O[C@H]1n1cnc(N)nc1=O.CO[C@H]1C(O)[C@@H](COP(=O)(O)OC2[C@@H](CO)O[C@@H](n3cnc4c(=O)[nH]c(C)nc43)[C@H]2OC)O[C@H]1n1cnc(N)nc1=O.CO[C@H]1C(OP(=O)(O)OC[C@H]2O[C@@H](n3cnc4c(=O)[nH]c(C)nc43)[C@@H](OC)C2O)[C@@H](CO)O[C@H]1n1cnc(N)nc1=O. The number of aromatic amines is 3. The molecular formula is C65H91N24O36P3. The fourth-order valence-electron chi connectivity index (χ4n) is 14.9. The van der Waals surface area contributed by atoms with Crippen molar-refractivity contribution in [2.24, 2.45) is 0 Å². The van der Waals surface area contributed by atoms with Gasteiger partial charge in [-0.15, -0.1) is 0 Å². The first-order chi connectivity index (χ1) is 60.9. The van der Waals surface area contributed by atoms with E-state index < -0.39 is 244 Å². The number of aliphatic hydroxyl groups is 6. The molecule has 6 fully saturated rings. The first kappa shape index (κ1) is 96.1. The number of aliphatic hydroxyl groups excluding tert-OH is 6. The maximum absolute atomic E-state index is 13.2. The van der Waals surface area contributed by atoms with Gasteiger partial charge in [0.25, 0.3) is 16.7 Å². The summed E-state index contributed by atoms with van der Waals surface area (Å²) in [7, 11) is -9.70. The number of methoxy groups -OCH3 is 4. The van der Waals surface area contributed by atoms with Crippen LogP contribution >= 0.6 is 23.5 Å². The maximum Gasteiger partial charge on any atom is 0.472 e. The summed E-state index contributed by atoms with van der Waals surface area (Å²) in [6, 6.07) is 0. The molecule has 0 radical (unpaired) electrons. The molecule has 6 aliphatic rings. The minimum absolute atomic E-state index is 0.0238. The van der Waals surface area contributed by atoms with Crippen LogP contribution in [0.5, 0.6) is 0 Å². The fourth-order valence-corrected chi connectivity index (χ4v) is 17.8. The Balaban J connectivity index is 0.000000164. The number of phosphoric ester groups is 3. The number of hydrogen-bond donors (Lipinski definition) is 15. The predicted octanol–water partition coefficient (Wildman–Crippen LogP) is -7.19. The van der Waals surface area contributed by atoms with Gasteiger partial charge in [-0.05, 0) is 34.6 Å². The number of anilines is 3. The standard InChI is InChI=1S/C23H33N8O12P.2C21H29N8O12P/c1-4-38-16-14(33)12(42-20(16)31-9-26-22(24)29-23(31)35)7-40-44(36,37)43-15-11(6-32)41-21(17(15)39-5-2)30-8-25-13-18(30)27-10(3)28-19(13)34;1-8-25-16-11(17(32)26-8)23-6-28(16)19-15(37-3)13(9(4-30)39-19)41-42(34,35)38-5-10-12(31)14(36-2)18(40-10)29-7-24-20(22)27-21(29)33;1-8-25-16-11(17(32)26-8)23-6-28(16)18-14(36-2)12(31)10(40-18)5-38-42(34,35)41-13-9(4-30)39-19(15(13)37-3)29-7-24-20(22)27-21(29)33/h8-9,11-12,14-17,20-21,32-33H,4-7H2,1-3H3,(H,36,37)(H2,24,29,35)(H,27,28,34);2*6-7,9-10,12-15,18-19,30-31H,4-5H2,1-3H3,(H,34,35)(H2,22,27,33)(H,25,26,32)/t11-,12-,14?,15?,16+,17+,20-,21-;2*9-,10-,12?,13?,14+,15+,18-,19-/m111/s1. The molecule has 702 valence electrons. The molecule has 27 atom stereocenters. The maximum atomic E-state index is 13.2. The first-order valence-electron chi connectivity index (χ1n) is 38.5. The van der Waals surface area contributed by atoms with E-state index in [0.29, 0.717) is 17.5 Å². The van der Waals surface area contributed by atoms with Crippen LogP contribution in [0.1, 0.15) is 68.7 Å². The number of nitrogens with one attached hydrogen (secondary N) is 3. The molecule has 0 amide bonds. The number of phosphoric acid groups is 3. The molecule has 15 heterocycles. The molecule has 9 aromatic rings. The number of nitrogens with two attached hydrogens (primary N) is 3. The number of fused-ring (bicyclic) bond motifs is 3. The molecule has 0 saturated carbocycles. The molecule has 9 unspecified atom stereocenters. The van der Waals surface area contributed by atoms with Crippen LogP contribution in [0.15, 0.2) is 66.7 Å². The van der Waals surface area contributed by atoms with E-state index in [1.54, 1.807) is 34.6 Å². The third-order valence-electron chi connectivity index (χ3n) is 20.6. The van der Waals surface area contributed by atoms with Crippen molar-refractivity contribution in [1.29, 1.82) is 0 Å². The average Bonchev–Trinajstić information content (AvgIpc) is 1.61. The predicted molar refractivity (Wildman–Crippen MR) is 419 cm³/mol. The summed E-state index contributed by atoms with van der Waals surface area (Å²) in [5.74, 6) is 0.137. The van der Waals surface area contributed by atoms with E-state index in [4.69, 9.17) is 101 Å². The molecule has 128 heavy (non-hydrogen) atoms. The molecule has 18 N–H and O–H groups in total. The van der Waals surface area contributed by atoms with Gasteiger partial charge in [-0.3, -0.25) is 68.9 Å². The lowest BCUT2D eigenvalue weighted by Gasteiger charge is -2.26. The summed E-state index contributed by atoms with van der Waals surface area (Å²) in [4.78, 5) is 160. The molecule has 0 bridgehead atoms. The van der Waals surface area contributed by atoms with Crippen LogP contribution < -0.4 is 50.9 Å². The molecule has 0 aliphatic carbocycles. The molecular weight excluding hydrogens is 1790 g/mol. The van der Waals surface area contributed by atoms with Gasteiger partial charge in [0, 0.05) is 41.7 Å². The highest BCUT2D eigenvalue weighted by atomic mass is 31.2. The van der Waals surface area contributed by atoms with Crippen LogP contribution in [0.4, 0.5) is 17.8 Å². The molecule has 60 nitrogen and oxygen atoms in total. The number of hydrogen-bond acceptors (Lipinski definition) is 48. The van der Waals surface area contributed by atoms with Crippen LogP contribution in [0, 0.1) is 20.8 Å². The Hall–Kier alpha value is -9.51. The molecule has 0 aromatic carbocycles. The van der Waals surface area contributed by atoms with E-state index >= 15 is 0 Å². The van der Waals surface area contributed by atoms with E-state index in [0.717, 1.165) is 32.7 Å². The average molecular weight is 1880 g/mol. The molecule has 9 aromatic heterocycles. The highest BCUT2D eigenvalue weighted by molar-refractivity contribution is 7.48. The molecule has 0 spiro atoms. The highest BCUT2D eigenvalue weighted by Crippen LogP contribution is 2.53. The van der Waals surface area contributed by atoms with Crippen molar-refractivity contribution in [3.8, 4) is 0 Å². The van der Waals surface area contributed by atoms with Crippen molar-refractivity contribution in [3.63, 3.8) is 0 Å². The van der Waals surface area contributed by atoms with Gasteiger partial charge >= 0.3 is 40.5 Å². The van der Waals surface area contributed by atoms with Gasteiger partial charge in [-0.1, -0.05) is 0 Å². The second kappa shape index (κ2) is 40.1. The Bertz CT molecular complexity index is 5940. The van der Waals surface area contributed by atoms with Crippen molar-refractivity contribution < 1.29 is 143 Å². The van der Waals surface area contributed by atoms with Crippen LogP contribution in [0.25, 0.3) is 33.5 Å². The lowest BCUT2D eigenvalue weighted by atomic mass is 10.1. The van der Waals surface area contributed by atoms with Crippen molar-refractivity contribution in [1.82, 2.24) is 102 Å². The van der Waals surface area contributed by atoms with Crippen molar-refractivity contribution in [3.05, 3.63) is 118 Å². The largest absolute Gasteiger partial charge is 0.472 e. The van der Waals surface area contributed by atoms with Gasteiger partial charge in [0.2, 0.25) is 17.8 Å². The van der Waals surface area contributed by atoms with Gasteiger partial charge < -0.3 is 134 Å². The summed E-state index contributed by atoms with van der Waals surface area (Å²) in [6.07, 6.45) is -21.8. The summed E-state index contributed by atoms with van der Waals surface area (Å²) in [6.45, 7) is 4.41. The Morgan fingerprint density at radius 2 is 0.617 bits per heavy atom. The number of aryl methyl sites for hydroxylation is 3. The zero-order valence-electron chi connectivity index (χ0n) is 68.6. The van der Waals surface area contributed by atoms with Crippen LogP contribution in [-0.2, 0) is 97.7 Å². The number of nitrogen functional groups attached to an aromatic ring is 3. The number of H-pyrrole nitrogens is 3. The Morgan fingerprint density at radius 1 is 0.367 bits per heavy atom. The van der Waals surface area contributed by atoms with Gasteiger partial charge in [-0.25, -0.2) is 72.9 Å². The van der Waals surface area contributed by atoms with E-state index in [2.05, 4.69) is 74.8 Å². The topological polar surface area (TPSA) is 812 Å². The van der Waals surface area contributed by atoms with Gasteiger partial charge in [-0.2, -0.15) is 15.0 Å². The Labute approximate surface area is 715 Å². The number of imidazole rings is 3. The highest BCUT2D eigenvalue weighted by Gasteiger charge is 2.56. The molecule has 15 rings (SSSR count). The van der Waals surface area contributed by atoms with Crippen molar-refractivity contribution >= 4 is 74.8 Å². The third-order valence-corrected chi connectivity index (χ3v) is 23.6. The first-order valence-corrected chi connectivity index (χ1v) is 42.9. The van der Waals surface area contributed by atoms with Crippen LogP contribution in [0.3, 0.4) is 0 Å². The van der Waals surface area contributed by atoms with Crippen LogP contribution in [-0.4, -0.2) is 339 Å². The molecule has 6 saturated heterocycles. The van der Waals surface area contributed by atoms with E-state index in [-0.39, 0.29) is 64.6 Å². The second-order valence-electron chi connectivity index (χ2n) is 28.7. The normalized spacial score (nSPS) is 30.8. The number of aromatic nitrogens is 21. The second-order valence-corrected chi connectivity index (χ2v) is 32.9. The third kappa shape index (κ3) is 20.2. The smallest absolute Gasteiger partial charge is 0.394 e. The lowest BCUT2D eigenvalue weighted by molar-refractivity contribution is -0.0745. The Morgan fingerprint density at radius 3 is 0.914 bits per heavy atom. The Kier molecular flexibility index (Phi) is 30.1. The molecule has 63 heteroatoms. The number of ether oxygens (including phenoxy) is 12. The van der Waals surface area contributed by atoms with Gasteiger partial charge in [0.1, 0.15) is 146 Å². The van der Waals surface area contributed by atoms with E-state index in [1.807, 2.05) is 0 Å². The summed E-state index contributed by atoms with van der Waals surface area (Å²) < 4.78 is 146. The zero-order chi connectivity index (χ0) is 92.4. The van der Waals surface area contributed by atoms with E-state index in [1.165, 1.54) is 61.1 Å². The quantitative estimate of drug-likeness (QED) is 0.0174. The minimum Gasteiger partial charge on any atom is -0.394 e. The zero-order valence-corrected chi connectivity index (χ0v) is 71.3.